The van der Waals surface area contributed by atoms with Crippen molar-refractivity contribution in [2.75, 3.05) is 6.54 Å². The van der Waals surface area contributed by atoms with E-state index in [0.29, 0.717) is 6.54 Å². The topological polar surface area (TPSA) is 64.4 Å². The van der Waals surface area contributed by atoms with Crippen LogP contribution in [0, 0.1) is 6.92 Å². The Labute approximate surface area is 132 Å². The Bertz CT molecular complexity index is 491. The number of nitrogens with two attached hydrogens (primary N) is 1. The molecule has 2 atom stereocenters. The van der Waals surface area contributed by atoms with Gasteiger partial charge < -0.3 is 15.8 Å². The Morgan fingerprint density at radius 2 is 2.14 bits per heavy atom. The number of ether oxygens (including phenoxy) is 1. The van der Waals surface area contributed by atoms with Crippen LogP contribution in [-0.4, -0.2) is 24.7 Å². The average molecular weight is 313 g/mol. The lowest BCUT2D eigenvalue weighted by molar-refractivity contribution is -0.133. The van der Waals surface area contributed by atoms with Crippen LogP contribution in [0.3, 0.4) is 0 Å². The van der Waals surface area contributed by atoms with Crippen molar-refractivity contribution < 1.29 is 9.53 Å². The molecule has 3 N–H and O–H groups in total. The summed E-state index contributed by atoms with van der Waals surface area (Å²) in [5.41, 5.74) is 7.45. The van der Waals surface area contributed by atoms with E-state index < -0.39 is 5.54 Å². The second-order valence-electron chi connectivity index (χ2n) is 6.04. The minimum Gasteiger partial charge on any atom is -0.364 e. The Balaban J connectivity index is 0.00000220. The van der Waals surface area contributed by atoms with Crippen molar-refractivity contribution in [1.82, 2.24) is 5.32 Å². The Morgan fingerprint density at radius 3 is 2.71 bits per heavy atom. The predicted molar refractivity (Wildman–Crippen MR) is 86.5 cm³/mol. The molecule has 4 nitrogen and oxygen atoms in total. The Kier molecular flexibility index (Phi) is 6.20. The molecule has 1 aliphatic heterocycles. The van der Waals surface area contributed by atoms with Crippen molar-refractivity contribution in [3.05, 3.63) is 35.4 Å². The average Bonchev–Trinajstić information content (AvgIpc) is 2.87. The molecule has 1 aromatic rings. The molecule has 0 saturated carbocycles. The van der Waals surface area contributed by atoms with Gasteiger partial charge in [0.1, 0.15) is 6.10 Å². The fourth-order valence-electron chi connectivity index (χ4n) is 2.57. The number of rotatable bonds is 4. The summed E-state index contributed by atoms with van der Waals surface area (Å²) < 4.78 is 5.64. The maximum Gasteiger partial charge on any atom is 0.249 e. The first-order chi connectivity index (χ1) is 9.42. The summed E-state index contributed by atoms with van der Waals surface area (Å²) in [6.07, 6.45) is 1.26. The quantitative estimate of drug-likeness (QED) is 0.896. The smallest absolute Gasteiger partial charge is 0.249 e. The summed E-state index contributed by atoms with van der Waals surface area (Å²) in [6, 6.07) is 8.19. The van der Waals surface area contributed by atoms with Gasteiger partial charge in [0.05, 0.1) is 11.6 Å². The SMILES string of the molecule is Cc1cccc(C(C)(C)NC(=O)[C@@H]2CC[C@H](CN)O2)c1.Cl. The number of hydrogen-bond acceptors (Lipinski definition) is 3. The maximum atomic E-state index is 12.3. The summed E-state index contributed by atoms with van der Waals surface area (Å²) in [6.45, 7) is 6.54. The standard InChI is InChI=1S/C16H24N2O2.ClH/c1-11-5-4-6-12(9-11)16(2,3)18-15(19)14-8-7-13(10-17)20-14;/h4-6,9,13-14H,7-8,10,17H2,1-3H3,(H,18,19);1H/t13-,14+;/m1./s1. The Hall–Kier alpha value is -1.10. The van der Waals surface area contributed by atoms with E-state index in [1.165, 1.54) is 5.56 Å². The number of nitrogens with one attached hydrogen (secondary N) is 1. The summed E-state index contributed by atoms with van der Waals surface area (Å²) in [5.74, 6) is -0.0487. The number of carbonyl (C=O) groups excluding carboxylic acids is 1. The van der Waals surface area contributed by atoms with E-state index in [1.54, 1.807) is 0 Å². The van der Waals surface area contributed by atoms with Crippen molar-refractivity contribution >= 4 is 18.3 Å². The summed E-state index contributed by atoms with van der Waals surface area (Å²) in [7, 11) is 0. The zero-order valence-corrected chi connectivity index (χ0v) is 13.7. The van der Waals surface area contributed by atoms with Crippen LogP contribution in [-0.2, 0) is 15.1 Å². The molecule has 21 heavy (non-hydrogen) atoms. The third-order valence-corrected chi connectivity index (χ3v) is 3.84. The van der Waals surface area contributed by atoms with Crippen molar-refractivity contribution in [2.45, 2.75) is 51.4 Å². The van der Waals surface area contributed by atoms with Gasteiger partial charge in [-0.25, -0.2) is 0 Å². The minimum atomic E-state index is -0.409. The first kappa shape index (κ1) is 18.0. The van der Waals surface area contributed by atoms with Crippen molar-refractivity contribution in [1.29, 1.82) is 0 Å². The lowest BCUT2D eigenvalue weighted by Crippen LogP contribution is -2.46. The van der Waals surface area contributed by atoms with Gasteiger partial charge in [-0.1, -0.05) is 29.8 Å². The largest absolute Gasteiger partial charge is 0.364 e. The third kappa shape index (κ3) is 4.43. The molecule has 1 aliphatic rings. The van der Waals surface area contributed by atoms with E-state index in [1.807, 2.05) is 39.0 Å². The first-order valence-corrected chi connectivity index (χ1v) is 7.17. The molecular weight excluding hydrogens is 288 g/mol. The van der Waals surface area contributed by atoms with E-state index in [4.69, 9.17) is 10.5 Å². The van der Waals surface area contributed by atoms with E-state index >= 15 is 0 Å². The van der Waals surface area contributed by atoms with Crippen LogP contribution in [0.1, 0.15) is 37.8 Å². The molecule has 1 aromatic carbocycles. The molecular formula is C16H25ClN2O2. The molecule has 0 unspecified atom stereocenters. The number of amides is 1. The van der Waals surface area contributed by atoms with Gasteiger partial charge in [-0.3, -0.25) is 4.79 Å². The summed E-state index contributed by atoms with van der Waals surface area (Å²) >= 11 is 0. The van der Waals surface area contributed by atoms with Gasteiger partial charge in [-0.05, 0) is 39.2 Å². The number of hydrogen-bond donors (Lipinski definition) is 2. The lowest BCUT2D eigenvalue weighted by Gasteiger charge is -2.28. The number of carbonyl (C=O) groups is 1. The van der Waals surface area contributed by atoms with Crippen molar-refractivity contribution in [3.63, 3.8) is 0 Å². The zero-order chi connectivity index (χ0) is 14.8. The highest BCUT2D eigenvalue weighted by Gasteiger charge is 2.33. The highest BCUT2D eigenvalue weighted by molar-refractivity contribution is 5.85. The molecule has 1 saturated heterocycles. The fraction of sp³-hybridized carbons (Fsp3) is 0.562. The number of aryl methyl sites for hydroxylation is 1. The van der Waals surface area contributed by atoms with Gasteiger partial charge in [0.25, 0.3) is 0 Å². The van der Waals surface area contributed by atoms with Crippen LogP contribution in [0.2, 0.25) is 0 Å². The zero-order valence-electron chi connectivity index (χ0n) is 12.9. The van der Waals surface area contributed by atoms with Crippen LogP contribution in [0.4, 0.5) is 0 Å². The van der Waals surface area contributed by atoms with Gasteiger partial charge in [0.2, 0.25) is 5.91 Å². The van der Waals surface area contributed by atoms with E-state index in [0.717, 1.165) is 18.4 Å². The first-order valence-electron chi connectivity index (χ1n) is 7.17. The third-order valence-electron chi connectivity index (χ3n) is 3.84. The van der Waals surface area contributed by atoms with Gasteiger partial charge in [0, 0.05) is 6.54 Å². The molecule has 5 heteroatoms. The van der Waals surface area contributed by atoms with Crippen LogP contribution in [0.25, 0.3) is 0 Å². The van der Waals surface area contributed by atoms with E-state index in [-0.39, 0.29) is 30.5 Å². The van der Waals surface area contributed by atoms with Gasteiger partial charge in [-0.2, -0.15) is 0 Å². The molecule has 118 valence electrons. The normalized spacial score (nSPS) is 21.7. The van der Waals surface area contributed by atoms with E-state index in [9.17, 15) is 4.79 Å². The number of halogens is 1. The molecule has 1 heterocycles. The van der Waals surface area contributed by atoms with Crippen molar-refractivity contribution in [2.24, 2.45) is 5.73 Å². The minimum absolute atomic E-state index is 0. The molecule has 0 aromatic heterocycles. The van der Waals surface area contributed by atoms with Crippen LogP contribution in [0.15, 0.2) is 24.3 Å². The molecule has 1 amide bonds. The van der Waals surface area contributed by atoms with Crippen LogP contribution < -0.4 is 11.1 Å². The summed E-state index contributed by atoms with van der Waals surface area (Å²) in [4.78, 5) is 12.3. The van der Waals surface area contributed by atoms with E-state index in [2.05, 4.69) is 11.4 Å². The fourth-order valence-corrected chi connectivity index (χ4v) is 2.57. The second-order valence-corrected chi connectivity index (χ2v) is 6.04. The molecule has 2 rings (SSSR count). The highest BCUT2D eigenvalue weighted by Crippen LogP contribution is 2.24. The summed E-state index contributed by atoms with van der Waals surface area (Å²) in [5, 5.41) is 3.08. The van der Waals surface area contributed by atoms with Gasteiger partial charge in [0.15, 0.2) is 0 Å². The second kappa shape index (κ2) is 7.25. The highest BCUT2D eigenvalue weighted by atomic mass is 35.5. The lowest BCUT2D eigenvalue weighted by atomic mass is 9.92. The molecule has 1 fully saturated rings. The van der Waals surface area contributed by atoms with Crippen molar-refractivity contribution in [3.8, 4) is 0 Å². The monoisotopic (exact) mass is 312 g/mol. The van der Waals surface area contributed by atoms with Gasteiger partial charge >= 0.3 is 0 Å². The maximum absolute atomic E-state index is 12.3. The number of benzene rings is 1. The molecule has 0 bridgehead atoms. The molecule has 0 spiro atoms. The van der Waals surface area contributed by atoms with Crippen LogP contribution in [0.5, 0.6) is 0 Å². The van der Waals surface area contributed by atoms with Crippen LogP contribution >= 0.6 is 12.4 Å². The molecule has 0 radical (unpaired) electrons. The van der Waals surface area contributed by atoms with Gasteiger partial charge in [-0.15, -0.1) is 12.4 Å². The molecule has 0 aliphatic carbocycles. The Morgan fingerprint density at radius 1 is 1.43 bits per heavy atom. The predicted octanol–water partition coefficient (Wildman–Crippen LogP) is 2.27.